The van der Waals surface area contributed by atoms with E-state index in [1.807, 2.05) is 50.2 Å². The van der Waals surface area contributed by atoms with Gasteiger partial charge in [0.15, 0.2) is 0 Å². The van der Waals surface area contributed by atoms with Crippen LogP contribution in [0.15, 0.2) is 72.9 Å². The van der Waals surface area contributed by atoms with E-state index >= 15 is 0 Å². The third-order valence-corrected chi connectivity index (χ3v) is 5.80. The zero-order valence-electron chi connectivity index (χ0n) is 18.5. The van der Waals surface area contributed by atoms with Gasteiger partial charge in [-0.15, -0.1) is 0 Å². The van der Waals surface area contributed by atoms with Crippen LogP contribution in [-0.4, -0.2) is 11.2 Å². The van der Waals surface area contributed by atoms with Gasteiger partial charge in [0.1, 0.15) is 6.17 Å². The molecule has 0 radical (unpaired) electrons. The van der Waals surface area contributed by atoms with Gasteiger partial charge in [0.2, 0.25) is 0 Å². The predicted octanol–water partition coefficient (Wildman–Crippen LogP) is 8.25. The summed E-state index contributed by atoms with van der Waals surface area (Å²) in [5, 5.41) is 0. The van der Waals surface area contributed by atoms with E-state index in [0.29, 0.717) is 0 Å². The summed E-state index contributed by atoms with van der Waals surface area (Å²) in [6, 6.07) is 22.4. The molecule has 0 aliphatic rings. The highest BCUT2D eigenvalue weighted by Gasteiger charge is 2.34. The maximum absolute atomic E-state index is 14.5. The second kappa shape index (κ2) is 10.9. The highest BCUT2D eigenvalue weighted by atomic mass is 19.1. The van der Waals surface area contributed by atoms with E-state index in [0.717, 1.165) is 34.4 Å². The fraction of sp³-hybridized carbons (Fsp3) is 0.370. The molecule has 0 saturated heterocycles. The summed E-state index contributed by atoms with van der Waals surface area (Å²) in [5.74, 6) is 0. The molecule has 0 spiro atoms. The van der Waals surface area contributed by atoms with Crippen molar-refractivity contribution in [3.8, 4) is 22.4 Å². The van der Waals surface area contributed by atoms with Crippen molar-refractivity contribution in [3.63, 3.8) is 0 Å². The highest BCUT2D eigenvalue weighted by molar-refractivity contribution is 5.75. The van der Waals surface area contributed by atoms with Crippen LogP contribution in [0, 0.1) is 0 Å². The van der Waals surface area contributed by atoms with Crippen molar-refractivity contribution in [1.82, 2.24) is 4.98 Å². The molecule has 1 nitrogen and oxygen atoms in total. The molecule has 0 bridgehead atoms. The van der Waals surface area contributed by atoms with Crippen LogP contribution >= 0.6 is 0 Å². The number of pyridine rings is 1. The minimum atomic E-state index is -0.942. The third-order valence-electron chi connectivity index (χ3n) is 5.80. The van der Waals surface area contributed by atoms with Crippen LogP contribution in [0.5, 0.6) is 0 Å². The number of aromatic nitrogens is 1. The number of halogens is 1. The number of rotatable bonds is 6. The Labute approximate surface area is 176 Å². The molecule has 1 aromatic heterocycles. The van der Waals surface area contributed by atoms with E-state index in [1.165, 1.54) is 12.8 Å². The van der Waals surface area contributed by atoms with Gasteiger partial charge in [-0.1, -0.05) is 89.1 Å². The maximum Gasteiger partial charge on any atom is 0.107 e. The molecule has 0 aliphatic heterocycles. The fourth-order valence-corrected chi connectivity index (χ4v) is 3.27. The van der Waals surface area contributed by atoms with Gasteiger partial charge in [0.05, 0.1) is 5.69 Å². The molecule has 2 atom stereocenters. The van der Waals surface area contributed by atoms with Crippen molar-refractivity contribution in [2.75, 3.05) is 0 Å². The summed E-state index contributed by atoms with van der Waals surface area (Å²) in [7, 11) is 0. The molecule has 2 aromatic carbocycles. The summed E-state index contributed by atoms with van der Waals surface area (Å²) < 4.78 is 14.5. The van der Waals surface area contributed by atoms with Gasteiger partial charge in [-0.3, -0.25) is 4.98 Å². The molecular weight excluding hydrogens is 357 g/mol. The Morgan fingerprint density at radius 1 is 0.862 bits per heavy atom. The lowest BCUT2D eigenvalue weighted by Gasteiger charge is -2.33. The zero-order chi connectivity index (χ0) is 21.3. The summed E-state index contributed by atoms with van der Waals surface area (Å²) in [6.07, 6.45) is 4.22. The molecule has 154 valence electrons. The van der Waals surface area contributed by atoms with Crippen molar-refractivity contribution >= 4 is 0 Å². The Kier molecular flexibility index (Phi) is 8.57. The Hall–Kier alpha value is -2.48. The fourth-order valence-electron chi connectivity index (χ4n) is 3.27. The first kappa shape index (κ1) is 22.8. The SMILES string of the molecule is CCC(C)(c1ccc(-c2ccccc2)cc1-c1ccccn1)[C@@H](C)F.CCCC. The summed E-state index contributed by atoms with van der Waals surface area (Å²) >= 11 is 0. The van der Waals surface area contributed by atoms with Gasteiger partial charge in [-0.05, 0) is 48.2 Å². The number of benzene rings is 2. The number of hydrogen-bond donors (Lipinski definition) is 0. The van der Waals surface area contributed by atoms with E-state index in [9.17, 15) is 4.39 Å². The average Bonchev–Trinajstić information content (AvgIpc) is 2.79. The van der Waals surface area contributed by atoms with Crippen LogP contribution in [0.25, 0.3) is 22.4 Å². The normalized spacial score (nSPS) is 13.7. The summed E-state index contributed by atoms with van der Waals surface area (Å²) in [6.45, 7) is 10.1. The van der Waals surface area contributed by atoms with Crippen LogP contribution in [0.1, 0.15) is 59.4 Å². The summed E-state index contributed by atoms with van der Waals surface area (Å²) in [5.41, 5.74) is 4.64. The number of nitrogens with zero attached hydrogens (tertiary/aromatic N) is 1. The van der Waals surface area contributed by atoms with E-state index in [1.54, 1.807) is 13.1 Å². The van der Waals surface area contributed by atoms with Gasteiger partial charge in [0, 0.05) is 17.2 Å². The molecule has 0 amide bonds. The topological polar surface area (TPSA) is 12.9 Å². The van der Waals surface area contributed by atoms with Gasteiger partial charge in [-0.25, -0.2) is 4.39 Å². The lowest BCUT2D eigenvalue weighted by Crippen LogP contribution is -2.31. The van der Waals surface area contributed by atoms with E-state index in [2.05, 4.69) is 49.2 Å². The first-order chi connectivity index (χ1) is 14.0. The number of alkyl halides is 1. The minimum absolute atomic E-state index is 0.540. The van der Waals surface area contributed by atoms with Gasteiger partial charge < -0.3 is 0 Å². The average molecular weight is 392 g/mol. The van der Waals surface area contributed by atoms with E-state index in [-0.39, 0.29) is 0 Å². The Bertz CT molecular complexity index is 856. The van der Waals surface area contributed by atoms with Crippen molar-refractivity contribution in [2.24, 2.45) is 0 Å². The van der Waals surface area contributed by atoms with Crippen LogP contribution in [0.2, 0.25) is 0 Å². The smallest absolute Gasteiger partial charge is 0.107 e. The van der Waals surface area contributed by atoms with Gasteiger partial charge >= 0.3 is 0 Å². The molecule has 29 heavy (non-hydrogen) atoms. The predicted molar refractivity (Wildman–Crippen MR) is 124 cm³/mol. The van der Waals surface area contributed by atoms with Crippen LogP contribution in [0.3, 0.4) is 0 Å². The highest BCUT2D eigenvalue weighted by Crippen LogP contribution is 2.40. The Morgan fingerprint density at radius 2 is 1.52 bits per heavy atom. The first-order valence-corrected chi connectivity index (χ1v) is 10.7. The second-order valence-corrected chi connectivity index (χ2v) is 7.73. The van der Waals surface area contributed by atoms with Gasteiger partial charge in [-0.2, -0.15) is 0 Å². The van der Waals surface area contributed by atoms with Gasteiger partial charge in [0.25, 0.3) is 0 Å². The van der Waals surface area contributed by atoms with Crippen molar-refractivity contribution < 1.29 is 4.39 Å². The van der Waals surface area contributed by atoms with Crippen molar-refractivity contribution in [2.45, 2.75) is 65.5 Å². The van der Waals surface area contributed by atoms with Crippen molar-refractivity contribution in [3.05, 3.63) is 78.5 Å². The molecule has 2 heteroatoms. The summed E-state index contributed by atoms with van der Waals surface area (Å²) in [4.78, 5) is 4.53. The molecule has 0 aliphatic carbocycles. The largest absolute Gasteiger partial charge is 0.256 e. The monoisotopic (exact) mass is 391 g/mol. The zero-order valence-corrected chi connectivity index (χ0v) is 18.5. The van der Waals surface area contributed by atoms with E-state index < -0.39 is 11.6 Å². The Morgan fingerprint density at radius 3 is 2.03 bits per heavy atom. The molecule has 1 unspecified atom stereocenters. The number of unbranched alkanes of at least 4 members (excludes halogenated alkanes) is 1. The molecule has 3 rings (SSSR count). The van der Waals surface area contributed by atoms with E-state index in [4.69, 9.17) is 0 Å². The molecule has 1 heterocycles. The first-order valence-electron chi connectivity index (χ1n) is 10.7. The van der Waals surface area contributed by atoms with Crippen LogP contribution in [0.4, 0.5) is 4.39 Å². The molecule has 0 fully saturated rings. The minimum Gasteiger partial charge on any atom is -0.256 e. The van der Waals surface area contributed by atoms with Crippen LogP contribution in [-0.2, 0) is 5.41 Å². The quantitative estimate of drug-likeness (QED) is 0.412. The third kappa shape index (κ3) is 5.53. The molecule has 0 saturated carbocycles. The molecule has 0 N–H and O–H groups in total. The lowest BCUT2D eigenvalue weighted by molar-refractivity contribution is 0.214. The Balaban J connectivity index is 0.000000687. The maximum atomic E-state index is 14.5. The lowest BCUT2D eigenvalue weighted by atomic mass is 9.73. The second-order valence-electron chi connectivity index (χ2n) is 7.73. The van der Waals surface area contributed by atoms with Crippen LogP contribution < -0.4 is 0 Å². The standard InChI is InChI=1S/C23H24FN.C4H10/c1-4-23(3,17(2)24)21-14-13-19(18-10-6-5-7-11-18)16-20(21)22-12-8-9-15-25-22;1-3-4-2/h5-17H,4H2,1-3H3;3-4H2,1-2H3/t17-,23?;/m1./s1. The molecular formula is C27H34FN. The molecule has 3 aromatic rings. The number of hydrogen-bond acceptors (Lipinski definition) is 1. The van der Waals surface area contributed by atoms with Crippen molar-refractivity contribution in [1.29, 1.82) is 0 Å².